The van der Waals surface area contributed by atoms with E-state index in [0.717, 1.165) is 18.8 Å². The number of hydrogen-bond donors (Lipinski definition) is 1. The highest BCUT2D eigenvalue weighted by molar-refractivity contribution is 5.85. The Morgan fingerprint density at radius 3 is 2.38 bits per heavy atom. The molecule has 3 atom stereocenters. The summed E-state index contributed by atoms with van der Waals surface area (Å²) in [5.41, 5.74) is 1.20. The second kappa shape index (κ2) is 8.59. The van der Waals surface area contributed by atoms with Crippen molar-refractivity contribution in [3.05, 3.63) is 29.8 Å². The minimum Gasteiger partial charge on any atom is -0.491 e. The largest absolute Gasteiger partial charge is 0.491 e. The van der Waals surface area contributed by atoms with Crippen molar-refractivity contribution in [2.45, 2.75) is 39.1 Å². The van der Waals surface area contributed by atoms with Crippen LogP contribution in [0.5, 0.6) is 5.75 Å². The molecule has 3 unspecified atom stereocenters. The lowest BCUT2D eigenvalue weighted by Gasteiger charge is -2.36. The van der Waals surface area contributed by atoms with Crippen LogP contribution in [0, 0.1) is 6.92 Å². The van der Waals surface area contributed by atoms with Gasteiger partial charge in [-0.15, -0.1) is 12.4 Å². The number of β-amino-alcohol motifs (C(OH)–C–C–N with tert-alkyl or cyclic N) is 1. The van der Waals surface area contributed by atoms with Gasteiger partial charge in [0.25, 0.3) is 0 Å². The van der Waals surface area contributed by atoms with Crippen LogP contribution in [0.3, 0.4) is 0 Å². The zero-order valence-corrected chi connectivity index (χ0v) is 13.8. The summed E-state index contributed by atoms with van der Waals surface area (Å²) in [4.78, 5) is 2.24. The number of halogens is 1. The van der Waals surface area contributed by atoms with Gasteiger partial charge < -0.3 is 14.6 Å². The zero-order chi connectivity index (χ0) is 14.5. The van der Waals surface area contributed by atoms with E-state index in [1.165, 1.54) is 5.56 Å². The predicted molar refractivity (Wildman–Crippen MR) is 86.4 cm³/mol. The van der Waals surface area contributed by atoms with Gasteiger partial charge in [0, 0.05) is 19.6 Å². The first-order chi connectivity index (χ1) is 9.52. The molecule has 21 heavy (non-hydrogen) atoms. The average molecular weight is 316 g/mol. The summed E-state index contributed by atoms with van der Waals surface area (Å²) in [6, 6.07) is 7.88. The predicted octanol–water partition coefficient (Wildman–Crippen LogP) is 2.27. The van der Waals surface area contributed by atoms with E-state index in [-0.39, 0.29) is 24.6 Å². The van der Waals surface area contributed by atoms with Gasteiger partial charge >= 0.3 is 0 Å². The van der Waals surface area contributed by atoms with Crippen molar-refractivity contribution >= 4 is 12.4 Å². The molecule has 0 spiro atoms. The highest BCUT2D eigenvalue weighted by Crippen LogP contribution is 2.13. The van der Waals surface area contributed by atoms with Crippen LogP contribution in [-0.2, 0) is 4.74 Å². The van der Waals surface area contributed by atoms with E-state index in [9.17, 15) is 5.11 Å². The Labute approximate surface area is 133 Å². The maximum Gasteiger partial charge on any atom is 0.119 e. The zero-order valence-electron chi connectivity index (χ0n) is 13.0. The third-order valence-corrected chi connectivity index (χ3v) is 3.43. The van der Waals surface area contributed by atoms with Crippen molar-refractivity contribution in [3.8, 4) is 5.75 Å². The minimum atomic E-state index is -0.478. The number of aliphatic hydroxyl groups excluding tert-OH is 1. The number of hydrogen-bond acceptors (Lipinski definition) is 4. The fraction of sp³-hybridized carbons (Fsp3) is 0.625. The van der Waals surface area contributed by atoms with Gasteiger partial charge in [-0.1, -0.05) is 17.7 Å². The fourth-order valence-electron chi connectivity index (χ4n) is 2.61. The molecular formula is C16H26ClNO3. The van der Waals surface area contributed by atoms with Crippen LogP contribution >= 0.6 is 12.4 Å². The number of aryl methyl sites for hydroxylation is 1. The van der Waals surface area contributed by atoms with E-state index in [1.807, 2.05) is 31.2 Å². The molecule has 5 heteroatoms. The van der Waals surface area contributed by atoms with Gasteiger partial charge in [0.1, 0.15) is 18.5 Å². The molecular weight excluding hydrogens is 290 g/mol. The van der Waals surface area contributed by atoms with Gasteiger partial charge in [0.05, 0.1) is 12.2 Å². The molecule has 4 nitrogen and oxygen atoms in total. The molecule has 1 aliphatic rings. The maximum atomic E-state index is 10.1. The van der Waals surface area contributed by atoms with Gasteiger partial charge in [0.2, 0.25) is 0 Å². The average Bonchev–Trinajstić information content (AvgIpc) is 2.37. The normalized spacial score (nSPS) is 24.2. The van der Waals surface area contributed by atoms with E-state index in [0.29, 0.717) is 13.2 Å². The van der Waals surface area contributed by atoms with Crippen molar-refractivity contribution in [1.82, 2.24) is 4.90 Å². The number of ether oxygens (including phenoxy) is 2. The van der Waals surface area contributed by atoms with Gasteiger partial charge in [-0.3, -0.25) is 4.90 Å². The lowest BCUT2D eigenvalue weighted by Crippen LogP contribution is -2.48. The van der Waals surface area contributed by atoms with Crippen LogP contribution < -0.4 is 4.74 Å². The number of nitrogens with zero attached hydrogens (tertiary/aromatic N) is 1. The molecule has 120 valence electrons. The molecule has 0 radical (unpaired) electrons. The molecule has 0 aromatic heterocycles. The van der Waals surface area contributed by atoms with Crippen molar-refractivity contribution < 1.29 is 14.6 Å². The Hall–Kier alpha value is -0.810. The first kappa shape index (κ1) is 18.2. The van der Waals surface area contributed by atoms with Gasteiger partial charge in [-0.2, -0.15) is 0 Å². The summed E-state index contributed by atoms with van der Waals surface area (Å²) in [5, 5.41) is 10.1. The Balaban J connectivity index is 0.00000220. The third-order valence-electron chi connectivity index (χ3n) is 3.43. The van der Waals surface area contributed by atoms with Crippen LogP contribution in [0.15, 0.2) is 24.3 Å². The van der Waals surface area contributed by atoms with Gasteiger partial charge in [0.15, 0.2) is 0 Å². The smallest absolute Gasteiger partial charge is 0.119 e. The summed E-state index contributed by atoms with van der Waals surface area (Å²) < 4.78 is 11.3. The van der Waals surface area contributed by atoms with Crippen LogP contribution in [-0.4, -0.2) is 54.6 Å². The molecule has 1 aromatic rings. The van der Waals surface area contributed by atoms with E-state index in [2.05, 4.69) is 18.7 Å². The van der Waals surface area contributed by atoms with Crippen molar-refractivity contribution in [2.24, 2.45) is 0 Å². The molecule has 1 saturated heterocycles. The number of rotatable bonds is 5. The topological polar surface area (TPSA) is 41.9 Å². The van der Waals surface area contributed by atoms with Crippen LogP contribution in [0.2, 0.25) is 0 Å². The minimum absolute atomic E-state index is 0. The summed E-state index contributed by atoms with van der Waals surface area (Å²) >= 11 is 0. The lowest BCUT2D eigenvalue weighted by molar-refractivity contribution is -0.0786. The van der Waals surface area contributed by atoms with E-state index in [4.69, 9.17) is 9.47 Å². The molecule has 1 fully saturated rings. The van der Waals surface area contributed by atoms with E-state index in [1.54, 1.807) is 0 Å². The number of morpholine rings is 1. The highest BCUT2D eigenvalue weighted by atomic mass is 35.5. The monoisotopic (exact) mass is 315 g/mol. The number of aliphatic hydroxyl groups is 1. The quantitative estimate of drug-likeness (QED) is 0.905. The van der Waals surface area contributed by atoms with Crippen molar-refractivity contribution in [1.29, 1.82) is 0 Å². The molecule has 0 amide bonds. The van der Waals surface area contributed by atoms with E-state index >= 15 is 0 Å². The Bertz CT molecular complexity index is 402. The molecule has 0 saturated carbocycles. The summed E-state index contributed by atoms with van der Waals surface area (Å²) in [7, 11) is 0. The molecule has 0 bridgehead atoms. The molecule has 1 aromatic carbocycles. The molecule has 1 heterocycles. The van der Waals surface area contributed by atoms with Crippen LogP contribution in [0.25, 0.3) is 0 Å². The van der Waals surface area contributed by atoms with Crippen molar-refractivity contribution in [2.75, 3.05) is 26.2 Å². The Morgan fingerprint density at radius 1 is 1.24 bits per heavy atom. The summed E-state index contributed by atoms with van der Waals surface area (Å²) in [6.45, 7) is 8.86. The number of benzene rings is 1. The first-order valence-electron chi connectivity index (χ1n) is 7.28. The second-order valence-corrected chi connectivity index (χ2v) is 5.75. The van der Waals surface area contributed by atoms with Crippen LogP contribution in [0.4, 0.5) is 0 Å². The van der Waals surface area contributed by atoms with Gasteiger partial charge in [-0.05, 0) is 32.9 Å². The standard InChI is InChI=1S/C16H25NO3.ClH/c1-12-4-6-16(7-5-12)19-11-15(18)10-17-8-13(2)20-14(3)9-17;/h4-7,13-15,18H,8-11H2,1-3H3;1H. The Kier molecular flexibility index (Phi) is 7.46. The molecule has 1 N–H and O–H groups in total. The second-order valence-electron chi connectivity index (χ2n) is 5.75. The molecule has 1 aliphatic heterocycles. The highest BCUT2D eigenvalue weighted by Gasteiger charge is 2.23. The maximum absolute atomic E-state index is 10.1. The summed E-state index contributed by atoms with van der Waals surface area (Å²) in [5.74, 6) is 0.804. The lowest BCUT2D eigenvalue weighted by atomic mass is 10.2. The van der Waals surface area contributed by atoms with Gasteiger partial charge in [-0.25, -0.2) is 0 Å². The van der Waals surface area contributed by atoms with Crippen LogP contribution in [0.1, 0.15) is 19.4 Å². The molecule has 0 aliphatic carbocycles. The SMILES string of the molecule is Cc1ccc(OCC(O)CN2CC(C)OC(C)C2)cc1.Cl. The summed E-state index contributed by atoms with van der Waals surface area (Å²) in [6.07, 6.45) is -0.0262. The third kappa shape index (κ3) is 6.22. The van der Waals surface area contributed by atoms with E-state index < -0.39 is 6.10 Å². The first-order valence-corrected chi connectivity index (χ1v) is 7.28. The molecule has 2 rings (SSSR count). The fourth-order valence-corrected chi connectivity index (χ4v) is 2.61. The Morgan fingerprint density at radius 2 is 1.81 bits per heavy atom. The van der Waals surface area contributed by atoms with Crippen molar-refractivity contribution in [3.63, 3.8) is 0 Å².